The van der Waals surface area contributed by atoms with Crippen LogP contribution in [-0.4, -0.2) is 81.5 Å². The number of aromatic nitrogens is 4. The minimum absolute atomic E-state index is 0.151. The molecule has 0 radical (unpaired) electrons. The van der Waals surface area contributed by atoms with E-state index < -0.39 is 0 Å². The maximum Gasteiger partial charge on any atom is 0.227 e. The highest BCUT2D eigenvalue weighted by Crippen LogP contribution is 2.28. The molecule has 1 unspecified atom stereocenters. The summed E-state index contributed by atoms with van der Waals surface area (Å²) < 4.78 is 0. The van der Waals surface area contributed by atoms with Crippen LogP contribution < -0.4 is 10.6 Å². The van der Waals surface area contributed by atoms with Gasteiger partial charge in [-0.05, 0) is 75.9 Å². The minimum atomic E-state index is 0.151. The summed E-state index contributed by atoms with van der Waals surface area (Å²) in [7, 11) is 4.14. The fourth-order valence-electron chi connectivity index (χ4n) is 5.26. The van der Waals surface area contributed by atoms with E-state index in [-0.39, 0.29) is 5.91 Å². The summed E-state index contributed by atoms with van der Waals surface area (Å²) in [5.41, 5.74) is 1.59. The molecule has 3 aromatic heterocycles. The lowest BCUT2D eigenvalue weighted by atomic mass is 9.86. The Morgan fingerprint density at radius 1 is 1.08 bits per heavy atom. The molecule has 1 aliphatic heterocycles. The Morgan fingerprint density at radius 2 is 1.86 bits per heavy atom. The molecule has 2 fully saturated rings. The summed E-state index contributed by atoms with van der Waals surface area (Å²) in [5.74, 6) is 2.19. The smallest absolute Gasteiger partial charge is 0.227 e. The Balaban J connectivity index is 1.04. The predicted molar refractivity (Wildman–Crippen MR) is 147 cm³/mol. The topological polar surface area (TPSA) is 99.2 Å². The van der Waals surface area contributed by atoms with Gasteiger partial charge in [0, 0.05) is 55.7 Å². The van der Waals surface area contributed by atoms with E-state index >= 15 is 0 Å². The first-order chi connectivity index (χ1) is 17.9. The van der Waals surface area contributed by atoms with Gasteiger partial charge in [-0.25, -0.2) is 19.9 Å². The Labute approximate surface area is 223 Å². The molecule has 1 saturated heterocycles. The average Bonchev–Trinajstić information content (AvgIpc) is 3.41. The highest BCUT2D eigenvalue weighted by atomic mass is 35.5. The number of fused-ring (bicyclic) bond motifs is 1. The third-order valence-electron chi connectivity index (χ3n) is 7.62. The van der Waals surface area contributed by atoms with Crippen LogP contribution in [0.5, 0.6) is 0 Å². The molecule has 0 bridgehead atoms. The first kappa shape index (κ1) is 25.6. The third-order valence-corrected chi connectivity index (χ3v) is 7.90. The van der Waals surface area contributed by atoms with Crippen LogP contribution in [0.15, 0.2) is 36.8 Å². The molecular formula is C27H35ClN8O. The molecule has 10 heteroatoms. The molecule has 1 aliphatic carbocycles. The quantitative estimate of drug-likeness (QED) is 0.430. The van der Waals surface area contributed by atoms with Crippen molar-refractivity contribution in [3.05, 3.63) is 47.5 Å². The number of rotatable bonds is 8. The van der Waals surface area contributed by atoms with Gasteiger partial charge in [0.25, 0.3) is 0 Å². The van der Waals surface area contributed by atoms with Crippen LogP contribution in [0.1, 0.15) is 37.7 Å². The number of amides is 1. The fourth-order valence-corrected chi connectivity index (χ4v) is 5.47. The summed E-state index contributed by atoms with van der Waals surface area (Å²) in [5, 5.41) is 8.38. The summed E-state index contributed by atoms with van der Waals surface area (Å²) in [6.45, 7) is 2.47. The molecule has 196 valence electrons. The number of carbonyl (C=O) groups excluding carboxylic acids is 1. The highest BCUT2D eigenvalue weighted by Gasteiger charge is 2.27. The largest absolute Gasteiger partial charge is 0.367 e. The van der Waals surface area contributed by atoms with Gasteiger partial charge in [-0.3, -0.25) is 4.79 Å². The Morgan fingerprint density at radius 3 is 2.59 bits per heavy atom. The van der Waals surface area contributed by atoms with Gasteiger partial charge < -0.3 is 20.4 Å². The number of likely N-dealkylation sites (tertiary alicyclic amines) is 1. The molecule has 37 heavy (non-hydrogen) atoms. The number of hydrogen-bond donors (Lipinski definition) is 2. The molecule has 2 N–H and O–H groups in total. The van der Waals surface area contributed by atoms with Gasteiger partial charge in [-0.2, -0.15) is 0 Å². The summed E-state index contributed by atoms with van der Waals surface area (Å²) >= 11 is 6.21. The van der Waals surface area contributed by atoms with Crippen LogP contribution >= 0.6 is 11.6 Å². The monoisotopic (exact) mass is 522 g/mol. The molecule has 3 aromatic rings. The second-order valence-electron chi connectivity index (χ2n) is 10.5. The number of halogens is 1. The average molecular weight is 523 g/mol. The number of pyridine rings is 2. The van der Waals surface area contributed by atoms with Crippen molar-refractivity contribution in [3.8, 4) is 0 Å². The lowest BCUT2D eigenvalue weighted by Gasteiger charge is -2.29. The van der Waals surface area contributed by atoms with Crippen molar-refractivity contribution in [1.29, 1.82) is 0 Å². The van der Waals surface area contributed by atoms with E-state index in [0.29, 0.717) is 35.5 Å². The number of likely N-dealkylation sites (N-methyl/N-ethyl adjacent to an activating group) is 1. The summed E-state index contributed by atoms with van der Waals surface area (Å²) in [4.78, 5) is 34.5. The van der Waals surface area contributed by atoms with Crippen molar-refractivity contribution in [3.63, 3.8) is 0 Å². The second-order valence-corrected chi connectivity index (χ2v) is 10.8. The molecule has 1 amide bonds. The first-order valence-electron chi connectivity index (χ1n) is 13.1. The van der Waals surface area contributed by atoms with E-state index in [2.05, 4.69) is 49.6 Å². The van der Waals surface area contributed by atoms with Gasteiger partial charge >= 0.3 is 0 Å². The molecule has 2 aliphatic rings. The van der Waals surface area contributed by atoms with Gasteiger partial charge in [-0.1, -0.05) is 11.6 Å². The van der Waals surface area contributed by atoms with Gasteiger partial charge in [0.2, 0.25) is 11.9 Å². The zero-order chi connectivity index (χ0) is 25.8. The highest BCUT2D eigenvalue weighted by molar-refractivity contribution is 6.33. The number of nitrogens with zero attached hydrogens (tertiary/aromatic N) is 6. The van der Waals surface area contributed by atoms with E-state index in [1.165, 1.54) is 0 Å². The van der Waals surface area contributed by atoms with E-state index in [9.17, 15) is 4.79 Å². The number of hydrogen-bond acceptors (Lipinski definition) is 8. The first-order valence-corrected chi connectivity index (χ1v) is 13.5. The van der Waals surface area contributed by atoms with Crippen molar-refractivity contribution in [2.24, 2.45) is 5.92 Å². The normalized spacial score (nSPS) is 21.9. The van der Waals surface area contributed by atoms with Crippen LogP contribution in [0.2, 0.25) is 5.15 Å². The molecule has 1 atom stereocenters. The molecule has 9 nitrogen and oxygen atoms in total. The molecular weight excluding hydrogens is 488 g/mol. The lowest BCUT2D eigenvalue weighted by molar-refractivity contribution is -0.129. The Hall–Kier alpha value is -3.04. The maximum absolute atomic E-state index is 12.6. The summed E-state index contributed by atoms with van der Waals surface area (Å²) in [6, 6.07) is 6.80. The van der Waals surface area contributed by atoms with Crippen molar-refractivity contribution in [2.45, 2.75) is 50.6 Å². The second kappa shape index (κ2) is 11.6. The third kappa shape index (κ3) is 6.45. The lowest BCUT2D eigenvalue weighted by Crippen LogP contribution is -2.35. The van der Waals surface area contributed by atoms with E-state index in [4.69, 9.17) is 11.6 Å². The molecule has 0 aromatic carbocycles. The SMILES string of the molecule is CN(C)C1CCN(C(=O)Cc2cnc(NC[C@H]3CC[C@H](Nc4ccc5ccnc(Cl)c5n4)CC3)nc2)C1. The van der Waals surface area contributed by atoms with Crippen LogP contribution in [0.25, 0.3) is 10.9 Å². The summed E-state index contributed by atoms with van der Waals surface area (Å²) in [6.07, 6.45) is 11.0. The molecule has 5 rings (SSSR count). The number of carbonyl (C=O) groups is 1. The van der Waals surface area contributed by atoms with Crippen molar-refractivity contribution >= 4 is 40.2 Å². The molecule has 4 heterocycles. The van der Waals surface area contributed by atoms with E-state index in [0.717, 1.165) is 74.0 Å². The van der Waals surface area contributed by atoms with E-state index in [1.54, 1.807) is 18.6 Å². The number of nitrogens with one attached hydrogen (secondary N) is 2. The maximum atomic E-state index is 12.6. The standard InChI is InChI=1S/C27H35ClN8O/c1-35(2)22-10-12-36(17-22)24(37)13-19-15-31-27(32-16-19)30-14-18-3-6-21(7-4-18)33-23-8-5-20-9-11-29-26(28)25(20)34-23/h5,8-9,11,15-16,18,21-22H,3-4,6-7,10,12-14,17H2,1-2H3,(H,33,34)(H,30,31,32)/t18-,21-,22?. The van der Waals surface area contributed by atoms with Crippen LogP contribution in [0.4, 0.5) is 11.8 Å². The van der Waals surface area contributed by atoms with Crippen LogP contribution in [0.3, 0.4) is 0 Å². The van der Waals surface area contributed by atoms with Crippen LogP contribution in [0, 0.1) is 5.92 Å². The molecule has 1 saturated carbocycles. The Kier molecular flexibility index (Phi) is 8.00. The number of anilines is 2. The Bertz CT molecular complexity index is 1210. The van der Waals surface area contributed by atoms with Gasteiger partial charge in [0.15, 0.2) is 5.15 Å². The molecule has 0 spiro atoms. The van der Waals surface area contributed by atoms with Crippen molar-refractivity contribution < 1.29 is 4.79 Å². The van der Waals surface area contributed by atoms with Crippen molar-refractivity contribution in [2.75, 3.05) is 44.4 Å². The van der Waals surface area contributed by atoms with Gasteiger partial charge in [0.05, 0.1) is 6.42 Å². The predicted octanol–water partition coefficient (Wildman–Crippen LogP) is 3.86. The van der Waals surface area contributed by atoms with Crippen molar-refractivity contribution in [1.82, 2.24) is 29.7 Å². The van der Waals surface area contributed by atoms with Gasteiger partial charge in [-0.15, -0.1) is 0 Å². The zero-order valence-corrected chi connectivity index (χ0v) is 22.3. The zero-order valence-electron chi connectivity index (χ0n) is 21.5. The fraction of sp³-hybridized carbons (Fsp3) is 0.519. The van der Waals surface area contributed by atoms with E-state index in [1.807, 2.05) is 23.1 Å². The van der Waals surface area contributed by atoms with Crippen LogP contribution in [-0.2, 0) is 11.2 Å². The van der Waals surface area contributed by atoms with Gasteiger partial charge in [0.1, 0.15) is 11.3 Å². The minimum Gasteiger partial charge on any atom is -0.367 e.